The number of carbonyl (C=O) groups is 1. The fraction of sp³-hybridized carbons (Fsp3) is 0.214. The number of aromatic amines is 1. The number of halogens is 1. The average Bonchev–Trinajstić information content (AvgIpc) is 2.38. The van der Waals surface area contributed by atoms with Crippen LogP contribution in [0.1, 0.15) is 22.5 Å². The molecule has 4 nitrogen and oxygen atoms in total. The number of nitrogens with one attached hydrogen (secondary N) is 1. The molecule has 20 heavy (non-hydrogen) atoms. The monoisotopic (exact) mass is 292 g/mol. The summed E-state index contributed by atoms with van der Waals surface area (Å²) in [5, 5.41) is 0.502. The van der Waals surface area contributed by atoms with Gasteiger partial charge in [-0.15, -0.1) is 0 Å². The summed E-state index contributed by atoms with van der Waals surface area (Å²) < 4.78 is 12.7. The third-order valence-corrected chi connectivity index (χ3v) is 3.46. The van der Waals surface area contributed by atoms with Gasteiger partial charge in [-0.25, -0.2) is 9.37 Å². The highest BCUT2D eigenvalue weighted by Crippen LogP contribution is 2.14. The van der Waals surface area contributed by atoms with Gasteiger partial charge in [-0.2, -0.15) is 0 Å². The minimum atomic E-state index is -0.363. The molecule has 0 aliphatic rings. The Hall–Kier alpha value is -1.95. The van der Waals surface area contributed by atoms with Crippen LogP contribution in [0, 0.1) is 12.7 Å². The van der Waals surface area contributed by atoms with Crippen LogP contribution in [0.15, 0.2) is 40.3 Å². The second kappa shape index (κ2) is 6.47. The van der Waals surface area contributed by atoms with E-state index >= 15 is 0 Å². The van der Waals surface area contributed by atoms with Gasteiger partial charge in [0.2, 0.25) is 0 Å². The Morgan fingerprint density at radius 2 is 2.05 bits per heavy atom. The molecule has 1 aromatic carbocycles. The molecule has 0 unspecified atom stereocenters. The van der Waals surface area contributed by atoms with E-state index in [2.05, 4.69) is 9.97 Å². The first kappa shape index (κ1) is 14.5. The Kier molecular flexibility index (Phi) is 4.68. The second-order valence-corrected chi connectivity index (χ2v) is 5.30. The molecule has 104 valence electrons. The maximum atomic E-state index is 12.7. The van der Waals surface area contributed by atoms with Crippen LogP contribution in [0.5, 0.6) is 0 Å². The number of nitrogens with zero attached hydrogens (tertiary/aromatic N) is 1. The zero-order chi connectivity index (χ0) is 14.5. The molecule has 6 heteroatoms. The Bertz CT molecular complexity index is 668. The quantitative estimate of drug-likeness (QED) is 0.522. The number of Topliss-reactive ketones (excluding diaryl/α,β-unsaturated/α-hetero) is 1. The van der Waals surface area contributed by atoms with E-state index in [1.165, 1.54) is 42.1 Å². The molecular formula is C14H13FN2O2S. The molecule has 0 amide bonds. The lowest BCUT2D eigenvalue weighted by atomic mass is 10.1. The standard InChI is InChI=1S/C14H13FN2O2S/c1-9-8-13(19)17-14(16-9)20-7-6-12(18)10-2-4-11(15)5-3-10/h2-5,8H,6-7H2,1H3,(H,16,17,19). The first-order valence-corrected chi connectivity index (χ1v) is 7.03. The number of thioether (sulfide) groups is 1. The van der Waals surface area contributed by atoms with Crippen LogP contribution in [0.4, 0.5) is 4.39 Å². The summed E-state index contributed by atoms with van der Waals surface area (Å²) in [4.78, 5) is 29.9. The number of H-pyrrole nitrogens is 1. The number of carbonyl (C=O) groups excluding carboxylic acids is 1. The molecule has 0 bridgehead atoms. The van der Waals surface area contributed by atoms with Gasteiger partial charge in [-0.3, -0.25) is 9.59 Å². The summed E-state index contributed by atoms with van der Waals surface area (Å²) in [7, 11) is 0. The third-order valence-electron chi connectivity index (χ3n) is 2.58. The lowest BCUT2D eigenvalue weighted by molar-refractivity contribution is 0.0989. The fourth-order valence-corrected chi connectivity index (χ4v) is 2.50. The molecule has 0 saturated carbocycles. The fourth-order valence-electron chi connectivity index (χ4n) is 1.64. The summed E-state index contributed by atoms with van der Waals surface area (Å²) in [5.41, 5.74) is 0.920. The van der Waals surface area contributed by atoms with E-state index in [0.29, 0.717) is 28.6 Å². The predicted molar refractivity (Wildman–Crippen MR) is 75.7 cm³/mol. The summed E-state index contributed by atoms with van der Waals surface area (Å²) in [6.07, 6.45) is 0.300. The van der Waals surface area contributed by atoms with E-state index < -0.39 is 0 Å². The molecule has 0 spiro atoms. The van der Waals surface area contributed by atoms with Gasteiger partial charge in [0, 0.05) is 29.5 Å². The van der Waals surface area contributed by atoms with Crippen LogP contribution in [-0.2, 0) is 0 Å². The van der Waals surface area contributed by atoms with Gasteiger partial charge in [0.25, 0.3) is 5.56 Å². The van der Waals surface area contributed by atoms with Crippen molar-refractivity contribution < 1.29 is 9.18 Å². The zero-order valence-electron chi connectivity index (χ0n) is 10.9. The minimum absolute atomic E-state index is 0.0625. The predicted octanol–water partition coefficient (Wildman–Crippen LogP) is 2.58. The molecule has 1 N–H and O–H groups in total. The molecule has 0 fully saturated rings. The van der Waals surface area contributed by atoms with Gasteiger partial charge in [-0.05, 0) is 31.2 Å². The van der Waals surface area contributed by atoms with E-state index in [4.69, 9.17) is 0 Å². The molecule has 0 radical (unpaired) electrons. The van der Waals surface area contributed by atoms with Crippen molar-refractivity contribution in [2.45, 2.75) is 18.5 Å². The number of hydrogen-bond acceptors (Lipinski definition) is 4. The van der Waals surface area contributed by atoms with E-state index in [1.54, 1.807) is 6.92 Å². The first-order valence-electron chi connectivity index (χ1n) is 6.04. The van der Waals surface area contributed by atoms with Crippen molar-refractivity contribution >= 4 is 17.5 Å². The van der Waals surface area contributed by atoms with Crippen molar-refractivity contribution in [1.29, 1.82) is 0 Å². The molecule has 0 atom stereocenters. The molecule has 0 aliphatic heterocycles. The van der Waals surface area contributed by atoms with Crippen molar-refractivity contribution in [3.63, 3.8) is 0 Å². The number of hydrogen-bond donors (Lipinski definition) is 1. The molecule has 1 aromatic heterocycles. The second-order valence-electron chi connectivity index (χ2n) is 4.22. The Labute approximate surface area is 119 Å². The number of aromatic nitrogens is 2. The topological polar surface area (TPSA) is 62.8 Å². The van der Waals surface area contributed by atoms with Gasteiger partial charge >= 0.3 is 0 Å². The van der Waals surface area contributed by atoms with Crippen LogP contribution in [0.3, 0.4) is 0 Å². The SMILES string of the molecule is Cc1cc(=O)[nH]c(SCCC(=O)c2ccc(F)cc2)n1. The number of rotatable bonds is 5. The first-order chi connectivity index (χ1) is 9.54. The average molecular weight is 292 g/mol. The van der Waals surface area contributed by atoms with E-state index in [1.807, 2.05) is 0 Å². The minimum Gasteiger partial charge on any atom is -0.301 e. The smallest absolute Gasteiger partial charge is 0.251 e. The van der Waals surface area contributed by atoms with E-state index in [0.717, 1.165) is 0 Å². The van der Waals surface area contributed by atoms with Crippen LogP contribution in [-0.4, -0.2) is 21.5 Å². The Morgan fingerprint density at radius 3 is 2.70 bits per heavy atom. The number of benzene rings is 1. The van der Waals surface area contributed by atoms with Crippen LogP contribution < -0.4 is 5.56 Å². The summed E-state index contributed by atoms with van der Waals surface area (Å²) >= 11 is 1.31. The van der Waals surface area contributed by atoms with Gasteiger partial charge in [0.15, 0.2) is 10.9 Å². The largest absolute Gasteiger partial charge is 0.301 e. The van der Waals surface area contributed by atoms with Crippen LogP contribution in [0.2, 0.25) is 0 Å². The number of ketones is 1. The Balaban J connectivity index is 1.91. The lowest BCUT2D eigenvalue weighted by Crippen LogP contribution is -2.08. The lowest BCUT2D eigenvalue weighted by Gasteiger charge is -2.02. The van der Waals surface area contributed by atoms with Crippen LogP contribution >= 0.6 is 11.8 Å². The highest BCUT2D eigenvalue weighted by Gasteiger charge is 2.07. The zero-order valence-corrected chi connectivity index (χ0v) is 11.7. The Morgan fingerprint density at radius 1 is 1.35 bits per heavy atom. The van der Waals surface area contributed by atoms with Gasteiger partial charge in [0.05, 0.1) is 0 Å². The molecule has 2 rings (SSSR count). The van der Waals surface area contributed by atoms with Gasteiger partial charge in [0.1, 0.15) is 5.82 Å². The molecule has 1 heterocycles. The highest BCUT2D eigenvalue weighted by atomic mass is 32.2. The maximum absolute atomic E-state index is 12.7. The van der Waals surface area contributed by atoms with Gasteiger partial charge in [-0.1, -0.05) is 11.8 Å². The van der Waals surface area contributed by atoms with E-state index in [9.17, 15) is 14.0 Å². The third kappa shape index (κ3) is 4.03. The van der Waals surface area contributed by atoms with Crippen molar-refractivity contribution in [1.82, 2.24) is 9.97 Å². The molecule has 0 aliphatic carbocycles. The van der Waals surface area contributed by atoms with Crippen LogP contribution in [0.25, 0.3) is 0 Å². The summed E-state index contributed by atoms with van der Waals surface area (Å²) in [6.45, 7) is 1.74. The highest BCUT2D eigenvalue weighted by molar-refractivity contribution is 7.99. The summed E-state index contributed by atoms with van der Waals surface area (Å²) in [6, 6.07) is 6.87. The van der Waals surface area contributed by atoms with Crippen molar-refractivity contribution in [3.8, 4) is 0 Å². The van der Waals surface area contributed by atoms with Crippen molar-refractivity contribution in [2.24, 2.45) is 0 Å². The normalized spacial score (nSPS) is 10.5. The van der Waals surface area contributed by atoms with Crippen molar-refractivity contribution in [2.75, 3.05) is 5.75 Å². The van der Waals surface area contributed by atoms with Crippen molar-refractivity contribution in [3.05, 3.63) is 57.8 Å². The molecule has 2 aromatic rings. The van der Waals surface area contributed by atoms with E-state index in [-0.39, 0.29) is 17.2 Å². The molecular weight excluding hydrogens is 279 g/mol. The molecule has 0 saturated heterocycles. The maximum Gasteiger partial charge on any atom is 0.251 e. The van der Waals surface area contributed by atoms with Gasteiger partial charge < -0.3 is 4.98 Å². The number of aryl methyl sites for hydroxylation is 1. The summed E-state index contributed by atoms with van der Waals surface area (Å²) in [5.74, 6) is 0.0766.